The Hall–Kier alpha value is -2.74. The summed E-state index contributed by atoms with van der Waals surface area (Å²) in [7, 11) is 0. The normalized spacial score (nSPS) is 18.8. The summed E-state index contributed by atoms with van der Waals surface area (Å²) < 4.78 is 6.77. The molecule has 0 saturated carbocycles. The third-order valence-electron chi connectivity index (χ3n) is 6.91. The van der Waals surface area contributed by atoms with E-state index in [-0.39, 0.29) is 0 Å². The minimum Gasteiger partial charge on any atom is -0.381 e. The number of aromatic nitrogens is 4. The number of thiazole rings is 1. The van der Waals surface area contributed by atoms with E-state index in [0.717, 1.165) is 64.0 Å². The van der Waals surface area contributed by atoms with Gasteiger partial charge >= 0.3 is 0 Å². The van der Waals surface area contributed by atoms with Crippen molar-refractivity contribution in [1.82, 2.24) is 24.8 Å². The molecule has 0 aromatic carbocycles. The maximum absolute atomic E-state index is 5.68. The Balaban J connectivity index is 1.27. The molecule has 0 radical (unpaired) electrons. The Bertz CT molecular complexity index is 1310. The van der Waals surface area contributed by atoms with E-state index in [4.69, 9.17) is 19.7 Å². The largest absolute Gasteiger partial charge is 0.381 e. The number of fused-ring (bicyclic) bond motifs is 1. The Morgan fingerprint density at radius 1 is 1.09 bits per heavy atom. The van der Waals surface area contributed by atoms with Crippen LogP contribution in [0.3, 0.4) is 0 Å². The topological polar surface area (TPSA) is 64.0 Å². The van der Waals surface area contributed by atoms with Crippen molar-refractivity contribution in [3.8, 4) is 10.7 Å². The molecule has 174 valence electrons. The Labute approximate surface area is 204 Å². The molecule has 6 nitrogen and oxygen atoms in total. The van der Waals surface area contributed by atoms with Crippen molar-refractivity contribution >= 4 is 21.6 Å². The molecular weight excluding hydrogens is 442 g/mol. The van der Waals surface area contributed by atoms with Crippen molar-refractivity contribution in [2.75, 3.05) is 26.3 Å². The van der Waals surface area contributed by atoms with Gasteiger partial charge in [-0.25, -0.2) is 4.98 Å². The fraction of sp³-hybridized carbons (Fsp3) is 0.407. The quantitative estimate of drug-likeness (QED) is 0.388. The lowest BCUT2D eigenvalue weighted by atomic mass is 9.95. The first kappa shape index (κ1) is 21.8. The Morgan fingerprint density at radius 2 is 2.00 bits per heavy atom. The zero-order chi connectivity index (χ0) is 22.9. The monoisotopic (exact) mass is 471 g/mol. The van der Waals surface area contributed by atoms with Crippen LogP contribution in [-0.4, -0.2) is 51.1 Å². The molecule has 4 aromatic rings. The maximum Gasteiger partial charge on any atom is 0.143 e. The van der Waals surface area contributed by atoms with Crippen LogP contribution >= 0.6 is 11.3 Å². The van der Waals surface area contributed by atoms with E-state index < -0.39 is 0 Å². The molecule has 2 fully saturated rings. The molecule has 34 heavy (non-hydrogen) atoms. The molecule has 0 bridgehead atoms. The summed E-state index contributed by atoms with van der Waals surface area (Å²) in [6, 6.07) is 10.6. The van der Waals surface area contributed by atoms with Gasteiger partial charge in [0.1, 0.15) is 10.7 Å². The highest BCUT2D eigenvalue weighted by Gasteiger charge is 2.23. The van der Waals surface area contributed by atoms with Crippen LogP contribution in [0.1, 0.15) is 53.4 Å². The van der Waals surface area contributed by atoms with E-state index in [1.807, 2.05) is 18.5 Å². The lowest BCUT2D eigenvalue weighted by Crippen LogP contribution is -2.21. The van der Waals surface area contributed by atoms with Gasteiger partial charge in [-0.3, -0.25) is 19.9 Å². The summed E-state index contributed by atoms with van der Waals surface area (Å²) in [6.07, 6.45) is 8.15. The van der Waals surface area contributed by atoms with Crippen molar-refractivity contribution in [2.45, 2.75) is 45.1 Å². The molecule has 0 spiro atoms. The third kappa shape index (κ3) is 4.48. The third-order valence-corrected chi connectivity index (χ3v) is 7.93. The molecule has 2 saturated heterocycles. The van der Waals surface area contributed by atoms with Gasteiger partial charge in [-0.2, -0.15) is 0 Å². The molecule has 4 aromatic heterocycles. The van der Waals surface area contributed by atoms with Crippen LogP contribution in [0.25, 0.3) is 20.9 Å². The van der Waals surface area contributed by atoms with E-state index in [0.29, 0.717) is 12.3 Å². The van der Waals surface area contributed by atoms with Gasteiger partial charge in [-0.15, -0.1) is 11.3 Å². The van der Waals surface area contributed by atoms with Gasteiger partial charge in [-0.05, 0) is 68.6 Å². The second-order valence-electron chi connectivity index (χ2n) is 9.39. The number of pyridine rings is 3. The number of hydrogen-bond acceptors (Lipinski definition) is 7. The average Bonchev–Trinajstić information content (AvgIpc) is 3.62. The molecule has 7 heteroatoms. The van der Waals surface area contributed by atoms with Gasteiger partial charge in [-0.1, -0.05) is 12.1 Å². The average molecular weight is 472 g/mol. The van der Waals surface area contributed by atoms with E-state index in [1.54, 1.807) is 11.3 Å². The van der Waals surface area contributed by atoms with Crippen LogP contribution in [0.4, 0.5) is 0 Å². The molecule has 0 unspecified atom stereocenters. The van der Waals surface area contributed by atoms with Crippen LogP contribution in [0.2, 0.25) is 0 Å². The molecule has 6 rings (SSSR count). The number of likely N-dealkylation sites (tertiary alicyclic amines) is 1. The van der Waals surface area contributed by atoms with E-state index >= 15 is 0 Å². The Kier molecular flexibility index (Phi) is 6.07. The van der Waals surface area contributed by atoms with Crippen molar-refractivity contribution in [3.05, 3.63) is 70.9 Å². The van der Waals surface area contributed by atoms with Crippen LogP contribution < -0.4 is 0 Å². The standard InChI is InChI=1S/C27H29N5OS/c1-18-5-4-9-28-26(18)27-31-23-14-21(29-15-25(23)34-27)13-20-6-7-22(19-8-12-33-17-19)24(30-20)16-32-10-2-3-11-32/h4-7,9,14-15,19H,2-3,8,10-13,16-17H2,1H3/t19-/m1/s1. The van der Waals surface area contributed by atoms with E-state index in [1.165, 1.54) is 37.2 Å². The second kappa shape index (κ2) is 9.49. The first-order valence-electron chi connectivity index (χ1n) is 12.2. The SMILES string of the molecule is Cc1cccnc1-c1nc2cc(Cc3ccc([C@@H]4CCOC4)c(CN4CCCC4)n3)ncc2s1. The number of aryl methyl sites for hydroxylation is 1. The highest BCUT2D eigenvalue weighted by Crippen LogP contribution is 2.32. The van der Waals surface area contributed by atoms with Gasteiger partial charge in [0.15, 0.2) is 0 Å². The number of ether oxygens (including phenoxy) is 1. The first-order valence-corrected chi connectivity index (χ1v) is 13.0. The number of hydrogen-bond donors (Lipinski definition) is 0. The lowest BCUT2D eigenvalue weighted by Gasteiger charge is -2.20. The molecule has 0 N–H and O–H groups in total. The zero-order valence-electron chi connectivity index (χ0n) is 19.5. The summed E-state index contributed by atoms with van der Waals surface area (Å²) in [4.78, 5) is 21.8. The first-order chi connectivity index (χ1) is 16.7. The van der Waals surface area contributed by atoms with Crippen molar-refractivity contribution in [2.24, 2.45) is 0 Å². The van der Waals surface area contributed by atoms with Crippen molar-refractivity contribution in [1.29, 1.82) is 0 Å². The zero-order valence-corrected chi connectivity index (χ0v) is 20.4. The fourth-order valence-electron chi connectivity index (χ4n) is 5.06. The summed E-state index contributed by atoms with van der Waals surface area (Å²) >= 11 is 1.65. The van der Waals surface area contributed by atoms with Crippen LogP contribution in [0.15, 0.2) is 42.7 Å². The molecule has 2 aliphatic rings. The van der Waals surface area contributed by atoms with Crippen molar-refractivity contribution in [3.63, 3.8) is 0 Å². The maximum atomic E-state index is 5.68. The molecular formula is C27H29N5OS. The highest BCUT2D eigenvalue weighted by molar-refractivity contribution is 7.21. The predicted octanol–water partition coefficient (Wildman–Crippen LogP) is 5.15. The minimum atomic E-state index is 0.470. The highest BCUT2D eigenvalue weighted by atomic mass is 32.1. The number of nitrogens with zero attached hydrogens (tertiary/aromatic N) is 5. The summed E-state index contributed by atoms with van der Waals surface area (Å²) in [5, 5.41) is 0.946. The second-order valence-corrected chi connectivity index (χ2v) is 10.4. The number of rotatable bonds is 6. The van der Waals surface area contributed by atoms with Gasteiger partial charge in [0.2, 0.25) is 0 Å². The fourth-order valence-corrected chi connectivity index (χ4v) is 6.03. The summed E-state index contributed by atoms with van der Waals surface area (Å²) in [5.74, 6) is 0.470. The van der Waals surface area contributed by atoms with E-state index in [2.05, 4.69) is 41.1 Å². The summed E-state index contributed by atoms with van der Waals surface area (Å²) in [5.41, 5.74) is 7.72. The van der Waals surface area contributed by atoms with Gasteiger partial charge in [0.05, 0.1) is 22.5 Å². The van der Waals surface area contributed by atoms with Gasteiger partial charge in [0.25, 0.3) is 0 Å². The van der Waals surface area contributed by atoms with Gasteiger partial charge < -0.3 is 4.74 Å². The minimum absolute atomic E-state index is 0.470. The molecule has 6 heterocycles. The molecule has 0 amide bonds. The Morgan fingerprint density at radius 3 is 2.82 bits per heavy atom. The smallest absolute Gasteiger partial charge is 0.143 e. The van der Waals surface area contributed by atoms with Crippen LogP contribution in [-0.2, 0) is 17.7 Å². The predicted molar refractivity (Wildman–Crippen MR) is 135 cm³/mol. The van der Waals surface area contributed by atoms with Crippen LogP contribution in [0, 0.1) is 6.92 Å². The summed E-state index contributed by atoms with van der Waals surface area (Å²) in [6.45, 7) is 7.02. The molecule has 0 aliphatic carbocycles. The molecule has 2 aliphatic heterocycles. The van der Waals surface area contributed by atoms with Crippen molar-refractivity contribution < 1.29 is 4.74 Å². The van der Waals surface area contributed by atoms with Gasteiger partial charge in [0, 0.05) is 49.3 Å². The lowest BCUT2D eigenvalue weighted by molar-refractivity contribution is 0.193. The van der Waals surface area contributed by atoms with E-state index in [9.17, 15) is 0 Å². The molecule has 1 atom stereocenters. The van der Waals surface area contributed by atoms with Crippen LogP contribution in [0.5, 0.6) is 0 Å².